The van der Waals surface area contributed by atoms with Crippen LogP contribution in [0.25, 0.3) is 11.3 Å². The second-order valence-corrected chi connectivity index (χ2v) is 9.61. The minimum absolute atomic E-state index is 0.130. The van der Waals surface area contributed by atoms with Gasteiger partial charge in [0.1, 0.15) is 0 Å². The Morgan fingerprint density at radius 1 is 1.10 bits per heavy atom. The van der Waals surface area contributed by atoms with E-state index in [4.69, 9.17) is 0 Å². The van der Waals surface area contributed by atoms with Gasteiger partial charge in [-0.25, -0.2) is 13.2 Å². The molecule has 1 heterocycles. The molecule has 0 amide bonds. The van der Waals surface area contributed by atoms with Gasteiger partial charge in [-0.1, -0.05) is 32.9 Å². The fraction of sp³-hybridized carbons (Fsp3) is 0.174. The Hall–Kier alpha value is -3.70. The average molecular weight is 436 g/mol. The summed E-state index contributed by atoms with van der Waals surface area (Å²) in [6, 6.07) is 15.9. The standard InChI is InChI=1S/C23H21N3O4S/c1-23(2,3)18-10-8-16(22(27)28)13-21(18)31(29,30)26-20-12-15(14-24)7-9-17(20)19-6-4-5-11-25-19/h4-13,26H,1-3H3,(H,27,28). The third-order valence-electron chi connectivity index (χ3n) is 4.66. The number of benzene rings is 2. The molecule has 0 bridgehead atoms. The number of carboxylic acids is 1. The molecule has 2 aromatic carbocycles. The smallest absolute Gasteiger partial charge is 0.335 e. The molecule has 0 fully saturated rings. The maximum absolute atomic E-state index is 13.4. The SMILES string of the molecule is CC(C)(C)c1ccc(C(=O)O)cc1S(=O)(=O)Nc1cc(C#N)ccc1-c1ccccn1. The lowest BCUT2D eigenvalue weighted by atomic mass is 9.86. The van der Waals surface area contributed by atoms with Gasteiger partial charge in [0.25, 0.3) is 10.0 Å². The number of pyridine rings is 1. The van der Waals surface area contributed by atoms with E-state index in [-0.39, 0.29) is 21.7 Å². The summed E-state index contributed by atoms with van der Waals surface area (Å²) in [4.78, 5) is 15.6. The molecule has 0 spiro atoms. The van der Waals surface area contributed by atoms with Gasteiger partial charge in [0.05, 0.1) is 33.5 Å². The summed E-state index contributed by atoms with van der Waals surface area (Å²) >= 11 is 0. The lowest BCUT2D eigenvalue weighted by molar-refractivity contribution is 0.0696. The normalized spacial score (nSPS) is 11.5. The fourth-order valence-electron chi connectivity index (χ4n) is 3.14. The largest absolute Gasteiger partial charge is 0.478 e. The van der Waals surface area contributed by atoms with Crippen molar-refractivity contribution in [1.82, 2.24) is 4.98 Å². The van der Waals surface area contributed by atoms with Crippen molar-refractivity contribution in [3.8, 4) is 17.3 Å². The molecule has 0 saturated carbocycles. The summed E-state index contributed by atoms with van der Waals surface area (Å²) in [6.45, 7) is 5.53. The Kier molecular flexibility index (Phi) is 5.82. The molecule has 31 heavy (non-hydrogen) atoms. The molecular weight excluding hydrogens is 414 g/mol. The zero-order valence-corrected chi connectivity index (χ0v) is 18.1. The van der Waals surface area contributed by atoms with Crippen LogP contribution >= 0.6 is 0 Å². The van der Waals surface area contributed by atoms with E-state index in [1.165, 1.54) is 18.2 Å². The van der Waals surface area contributed by atoms with Crippen molar-refractivity contribution in [3.63, 3.8) is 0 Å². The molecule has 158 valence electrons. The zero-order valence-electron chi connectivity index (χ0n) is 17.2. The molecular formula is C23H21N3O4S. The van der Waals surface area contributed by atoms with Crippen LogP contribution in [0.15, 0.2) is 65.7 Å². The summed E-state index contributed by atoms with van der Waals surface area (Å²) in [6.07, 6.45) is 1.58. The van der Waals surface area contributed by atoms with Gasteiger partial charge in [-0.05, 0) is 53.4 Å². The number of hydrogen-bond donors (Lipinski definition) is 2. The predicted molar refractivity (Wildman–Crippen MR) is 117 cm³/mol. The number of nitriles is 1. The second-order valence-electron chi connectivity index (χ2n) is 7.96. The molecule has 0 saturated heterocycles. The molecule has 2 N–H and O–H groups in total. The van der Waals surface area contributed by atoms with Crippen LogP contribution in [0.5, 0.6) is 0 Å². The highest BCUT2D eigenvalue weighted by atomic mass is 32.2. The highest BCUT2D eigenvalue weighted by Crippen LogP contribution is 2.33. The Morgan fingerprint density at radius 3 is 2.42 bits per heavy atom. The van der Waals surface area contributed by atoms with Crippen LogP contribution in [0.3, 0.4) is 0 Å². The van der Waals surface area contributed by atoms with Crippen molar-refractivity contribution in [2.75, 3.05) is 4.72 Å². The highest BCUT2D eigenvalue weighted by molar-refractivity contribution is 7.92. The number of carbonyl (C=O) groups is 1. The molecule has 0 unspecified atom stereocenters. The van der Waals surface area contributed by atoms with E-state index >= 15 is 0 Å². The second kappa shape index (κ2) is 8.20. The van der Waals surface area contributed by atoms with Crippen LogP contribution in [-0.2, 0) is 15.4 Å². The molecule has 0 aliphatic rings. The van der Waals surface area contributed by atoms with E-state index in [2.05, 4.69) is 9.71 Å². The van der Waals surface area contributed by atoms with Gasteiger partial charge in [-0.3, -0.25) is 9.71 Å². The summed E-state index contributed by atoms with van der Waals surface area (Å²) in [7, 11) is -4.19. The highest BCUT2D eigenvalue weighted by Gasteiger charge is 2.28. The van der Waals surface area contributed by atoms with Gasteiger partial charge in [0.2, 0.25) is 0 Å². The van der Waals surface area contributed by atoms with Crippen LogP contribution in [0.2, 0.25) is 0 Å². The summed E-state index contributed by atoms with van der Waals surface area (Å²) in [5.74, 6) is -1.22. The molecule has 0 atom stereocenters. The Morgan fingerprint density at radius 2 is 1.84 bits per heavy atom. The van der Waals surface area contributed by atoms with Crippen molar-refractivity contribution in [2.24, 2.45) is 0 Å². The molecule has 1 aromatic heterocycles. The van der Waals surface area contributed by atoms with E-state index in [0.717, 1.165) is 6.07 Å². The van der Waals surface area contributed by atoms with E-state index in [9.17, 15) is 23.6 Å². The molecule has 3 aromatic rings. The third-order valence-corrected chi connectivity index (χ3v) is 6.07. The number of aromatic carboxylic acids is 1. The third kappa shape index (κ3) is 4.73. The average Bonchev–Trinajstić information content (AvgIpc) is 2.73. The van der Waals surface area contributed by atoms with Gasteiger partial charge >= 0.3 is 5.97 Å². The first-order valence-electron chi connectivity index (χ1n) is 9.39. The van der Waals surface area contributed by atoms with Crippen molar-refractivity contribution >= 4 is 21.7 Å². The maximum Gasteiger partial charge on any atom is 0.335 e. The minimum Gasteiger partial charge on any atom is -0.478 e. The molecule has 0 radical (unpaired) electrons. The van der Waals surface area contributed by atoms with Crippen LogP contribution in [0.4, 0.5) is 5.69 Å². The zero-order chi connectivity index (χ0) is 22.8. The van der Waals surface area contributed by atoms with Gasteiger partial charge in [-0.15, -0.1) is 0 Å². The van der Waals surface area contributed by atoms with E-state index in [0.29, 0.717) is 16.8 Å². The van der Waals surface area contributed by atoms with Gasteiger partial charge in [0.15, 0.2) is 0 Å². The first-order chi connectivity index (χ1) is 14.5. The first kappa shape index (κ1) is 22.0. The molecule has 0 aliphatic heterocycles. The number of anilines is 1. The summed E-state index contributed by atoms with van der Waals surface area (Å²) in [5.41, 5.74) is 1.25. The molecule has 7 nitrogen and oxygen atoms in total. The maximum atomic E-state index is 13.4. The number of hydrogen-bond acceptors (Lipinski definition) is 5. The number of nitrogens with zero attached hydrogens (tertiary/aromatic N) is 2. The first-order valence-corrected chi connectivity index (χ1v) is 10.9. The quantitative estimate of drug-likeness (QED) is 0.612. The lowest BCUT2D eigenvalue weighted by Crippen LogP contribution is -2.22. The minimum atomic E-state index is -4.19. The predicted octanol–water partition coefficient (Wildman–Crippen LogP) is 4.42. The summed E-state index contributed by atoms with van der Waals surface area (Å²) in [5, 5.41) is 18.6. The van der Waals surface area contributed by atoms with Crippen LogP contribution in [0.1, 0.15) is 42.3 Å². The molecule has 0 aliphatic carbocycles. The van der Waals surface area contributed by atoms with Gasteiger partial charge < -0.3 is 5.11 Å². The molecule has 3 rings (SSSR count). The van der Waals surface area contributed by atoms with Crippen molar-refractivity contribution in [2.45, 2.75) is 31.1 Å². The van der Waals surface area contributed by atoms with Crippen molar-refractivity contribution in [3.05, 3.63) is 77.5 Å². The fourth-order valence-corrected chi connectivity index (χ4v) is 4.65. The number of sulfonamides is 1. The van der Waals surface area contributed by atoms with Crippen LogP contribution in [-0.4, -0.2) is 24.5 Å². The Labute approximate surface area is 181 Å². The van der Waals surface area contributed by atoms with Gasteiger partial charge in [0, 0.05) is 11.8 Å². The van der Waals surface area contributed by atoms with Gasteiger partial charge in [-0.2, -0.15) is 5.26 Å². The Balaban J connectivity index is 2.19. The number of aromatic nitrogens is 1. The van der Waals surface area contributed by atoms with E-state index in [1.54, 1.807) is 36.5 Å². The number of rotatable bonds is 5. The number of carboxylic acid groups (broad SMARTS) is 1. The lowest BCUT2D eigenvalue weighted by Gasteiger charge is -2.24. The van der Waals surface area contributed by atoms with Crippen molar-refractivity contribution < 1.29 is 18.3 Å². The van der Waals surface area contributed by atoms with E-state index in [1.807, 2.05) is 26.8 Å². The topological polar surface area (TPSA) is 120 Å². The van der Waals surface area contributed by atoms with Crippen LogP contribution < -0.4 is 4.72 Å². The monoisotopic (exact) mass is 435 g/mol. The Bertz CT molecular complexity index is 1290. The summed E-state index contributed by atoms with van der Waals surface area (Å²) < 4.78 is 29.4. The molecule has 8 heteroatoms. The van der Waals surface area contributed by atoms with Crippen LogP contribution in [0, 0.1) is 11.3 Å². The van der Waals surface area contributed by atoms with E-state index < -0.39 is 21.4 Å². The van der Waals surface area contributed by atoms with Crippen molar-refractivity contribution in [1.29, 1.82) is 5.26 Å². The number of nitrogens with one attached hydrogen (secondary N) is 1.